The summed E-state index contributed by atoms with van der Waals surface area (Å²) in [6.07, 6.45) is 0.384. The van der Waals surface area contributed by atoms with Crippen molar-refractivity contribution in [3.8, 4) is 11.5 Å². The van der Waals surface area contributed by atoms with E-state index in [1.165, 1.54) is 0 Å². The van der Waals surface area contributed by atoms with Crippen LogP contribution in [0.4, 0.5) is 5.69 Å². The second-order valence-electron chi connectivity index (χ2n) is 6.14. The number of para-hydroxylation sites is 1. The highest BCUT2D eigenvalue weighted by atomic mass is 16.5. The Morgan fingerprint density at radius 3 is 2.56 bits per heavy atom. The average molecular weight is 333 g/mol. The first kappa shape index (κ1) is 15.5. The first-order valence-electron chi connectivity index (χ1n) is 8.25. The zero-order valence-electron chi connectivity index (χ0n) is 14.2. The molecule has 4 rings (SSSR count). The van der Waals surface area contributed by atoms with Gasteiger partial charge in [0.05, 0.1) is 19.9 Å². The van der Waals surface area contributed by atoms with Gasteiger partial charge in [-0.1, -0.05) is 48.5 Å². The molecule has 1 atom stereocenters. The van der Waals surface area contributed by atoms with E-state index in [4.69, 9.17) is 9.47 Å². The summed E-state index contributed by atoms with van der Waals surface area (Å²) < 4.78 is 11.0. The van der Waals surface area contributed by atoms with E-state index in [9.17, 15) is 4.79 Å². The molecule has 0 unspecified atom stereocenters. The van der Waals surface area contributed by atoms with Gasteiger partial charge >= 0.3 is 0 Å². The van der Waals surface area contributed by atoms with Gasteiger partial charge in [0.25, 0.3) is 0 Å². The Bertz CT molecular complexity index is 965. The minimum absolute atomic E-state index is 0.0127. The van der Waals surface area contributed by atoms with E-state index >= 15 is 0 Å². The third-order valence-corrected chi connectivity index (χ3v) is 4.80. The maximum atomic E-state index is 12.4. The lowest BCUT2D eigenvalue weighted by Crippen LogP contribution is -2.24. The molecule has 3 aromatic carbocycles. The summed E-state index contributed by atoms with van der Waals surface area (Å²) in [6, 6.07) is 18.1. The topological polar surface area (TPSA) is 47.6 Å². The Morgan fingerprint density at radius 2 is 1.76 bits per heavy atom. The van der Waals surface area contributed by atoms with Crippen molar-refractivity contribution < 1.29 is 14.3 Å². The number of hydrogen-bond acceptors (Lipinski definition) is 3. The van der Waals surface area contributed by atoms with Crippen LogP contribution < -0.4 is 14.8 Å². The SMILES string of the molecule is COc1cccc([C@H]2CC(=O)Nc3c2ccc2ccccc32)c1OC. The van der Waals surface area contributed by atoms with E-state index in [0.717, 1.165) is 27.6 Å². The molecule has 126 valence electrons. The van der Waals surface area contributed by atoms with Gasteiger partial charge in [-0.05, 0) is 17.0 Å². The molecule has 1 aliphatic heterocycles. The first-order valence-corrected chi connectivity index (χ1v) is 8.25. The zero-order valence-corrected chi connectivity index (χ0v) is 14.2. The van der Waals surface area contributed by atoms with Gasteiger partial charge in [0.1, 0.15) is 0 Å². The largest absolute Gasteiger partial charge is 0.493 e. The number of carbonyl (C=O) groups is 1. The van der Waals surface area contributed by atoms with Crippen molar-refractivity contribution in [2.24, 2.45) is 0 Å². The summed E-state index contributed by atoms with van der Waals surface area (Å²) >= 11 is 0. The number of methoxy groups -OCH3 is 2. The number of hydrogen-bond donors (Lipinski definition) is 1. The molecule has 0 saturated heterocycles. The van der Waals surface area contributed by atoms with Gasteiger partial charge in [-0.25, -0.2) is 0 Å². The highest BCUT2D eigenvalue weighted by molar-refractivity contribution is 6.06. The van der Waals surface area contributed by atoms with Crippen molar-refractivity contribution in [2.75, 3.05) is 19.5 Å². The van der Waals surface area contributed by atoms with Gasteiger partial charge in [-0.2, -0.15) is 0 Å². The van der Waals surface area contributed by atoms with Crippen molar-refractivity contribution in [2.45, 2.75) is 12.3 Å². The predicted molar refractivity (Wildman–Crippen MR) is 98.6 cm³/mol. The minimum atomic E-state index is -0.0709. The summed E-state index contributed by atoms with van der Waals surface area (Å²) in [5, 5.41) is 5.22. The molecule has 1 aliphatic rings. The number of carbonyl (C=O) groups excluding carboxylic acids is 1. The Labute approximate surface area is 146 Å². The summed E-state index contributed by atoms with van der Waals surface area (Å²) in [5.74, 6) is 1.30. The Kier molecular flexibility index (Phi) is 3.80. The Hall–Kier alpha value is -3.01. The van der Waals surface area contributed by atoms with Crippen LogP contribution in [0, 0.1) is 0 Å². The fraction of sp³-hybridized carbons (Fsp3) is 0.190. The highest BCUT2D eigenvalue weighted by Crippen LogP contribution is 2.45. The van der Waals surface area contributed by atoms with E-state index in [1.807, 2.05) is 36.4 Å². The van der Waals surface area contributed by atoms with Crippen molar-refractivity contribution >= 4 is 22.4 Å². The van der Waals surface area contributed by atoms with Crippen LogP contribution >= 0.6 is 0 Å². The molecule has 25 heavy (non-hydrogen) atoms. The number of ether oxygens (including phenoxy) is 2. The van der Waals surface area contributed by atoms with Gasteiger partial charge < -0.3 is 14.8 Å². The molecule has 1 N–H and O–H groups in total. The van der Waals surface area contributed by atoms with Crippen LogP contribution in [0.1, 0.15) is 23.5 Å². The number of fused-ring (bicyclic) bond motifs is 3. The van der Waals surface area contributed by atoms with Crippen LogP contribution in [0.2, 0.25) is 0 Å². The summed E-state index contributed by atoms with van der Waals surface area (Å²) in [4.78, 5) is 12.4. The van der Waals surface area contributed by atoms with Gasteiger partial charge in [0.2, 0.25) is 5.91 Å². The van der Waals surface area contributed by atoms with Crippen molar-refractivity contribution in [3.05, 3.63) is 65.7 Å². The van der Waals surface area contributed by atoms with Crippen LogP contribution in [0.25, 0.3) is 10.8 Å². The van der Waals surface area contributed by atoms with E-state index < -0.39 is 0 Å². The lowest BCUT2D eigenvalue weighted by molar-refractivity contribution is -0.116. The fourth-order valence-corrected chi connectivity index (χ4v) is 3.67. The maximum absolute atomic E-state index is 12.4. The van der Waals surface area contributed by atoms with Crippen LogP contribution in [0.5, 0.6) is 11.5 Å². The monoisotopic (exact) mass is 333 g/mol. The molecule has 0 aromatic heterocycles. The molecule has 3 aromatic rings. The molecule has 1 heterocycles. The second-order valence-corrected chi connectivity index (χ2v) is 6.14. The second kappa shape index (κ2) is 6.13. The number of nitrogens with one attached hydrogen (secondary N) is 1. The predicted octanol–water partition coefficient (Wildman–Crippen LogP) is 4.33. The van der Waals surface area contributed by atoms with Gasteiger partial charge in [0.15, 0.2) is 11.5 Å². The molecule has 0 spiro atoms. The van der Waals surface area contributed by atoms with Gasteiger partial charge in [-0.15, -0.1) is 0 Å². The molecule has 4 heteroatoms. The smallest absolute Gasteiger partial charge is 0.225 e. The van der Waals surface area contributed by atoms with Crippen LogP contribution in [-0.4, -0.2) is 20.1 Å². The number of anilines is 1. The van der Waals surface area contributed by atoms with Crippen LogP contribution in [-0.2, 0) is 4.79 Å². The molecule has 0 bridgehead atoms. The molecular weight excluding hydrogens is 314 g/mol. The van der Waals surface area contributed by atoms with E-state index in [2.05, 4.69) is 23.5 Å². The average Bonchev–Trinajstić information content (AvgIpc) is 2.66. The Balaban J connectivity index is 1.95. The van der Waals surface area contributed by atoms with Crippen LogP contribution in [0.3, 0.4) is 0 Å². The van der Waals surface area contributed by atoms with Gasteiger partial charge in [-0.3, -0.25) is 4.79 Å². The first-order chi connectivity index (χ1) is 12.2. The molecule has 4 nitrogen and oxygen atoms in total. The van der Waals surface area contributed by atoms with E-state index in [-0.39, 0.29) is 11.8 Å². The highest BCUT2D eigenvalue weighted by Gasteiger charge is 2.30. The van der Waals surface area contributed by atoms with E-state index in [0.29, 0.717) is 17.9 Å². The van der Waals surface area contributed by atoms with Crippen molar-refractivity contribution in [3.63, 3.8) is 0 Å². The number of amides is 1. The third-order valence-electron chi connectivity index (χ3n) is 4.80. The normalized spacial score (nSPS) is 16.2. The number of rotatable bonds is 3. The maximum Gasteiger partial charge on any atom is 0.225 e. The standard InChI is InChI=1S/C21H19NO3/c1-24-18-9-5-8-16(21(18)25-2)17-12-19(23)22-20-14-7-4-3-6-13(14)10-11-15(17)20/h3-11,17H,12H2,1-2H3,(H,22,23)/t17-/m0/s1. The van der Waals surface area contributed by atoms with Crippen LogP contribution in [0.15, 0.2) is 54.6 Å². The molecule has 0 aliphatic carbocycles. The zero-order chi connectivity index (χ0) is 17.4. The summed E-state index contributed by atoms with van der Waals surface area (Å²) in [5.41, 5.74) is 2.96. The van der Waals surface area contributed by atoms with Crippen molar-refractivity contribution in [1.29, 1.82) is 0 Å². The number of benzene rings is 3. The molecular formula is C21H19NO3. The van der Waals surface area contributed by atoms with Gasteiger partial charge in [0, 0.05) is 23.3 Å². The molecule has 0 radical (unpaired) electrons. The Morgan fingerprint density at radius 1 is 0.920 bits per heavy atom. The van der Waals surface area contributed by atoms with E-state index in [1.54, 1.807) is 14.2 Å². The summed E-state index contributed by atoms with van der Waals surface area (Å²) in [7, 11) is 3.25. The lowest BCUT2D eigenvalue weighted by Gasteiger charge is -2.28. The van der Waals surface area contributed by atoms with Crippen molar-refractivity contribution in [1.82, 2.24) is 0 Å². The molecule has 1 amide bonds. The lowest BCUT2D eigenvalue weighted by atomic mass is 9.83. The minimum Gasteiger partial charge on any atom is -0.493 e. The fourth-order valence-electron chi connectivity index (χ4n) is 3.67. The summed E-state index contributed by atoms with van der Waals surface area (Å²) in [6.45, 7) is 0. The molecule has 0 fully saturated rings. The quantitative estimate of drug-likeness (QED) is 0.776. The molecule has 0 saturated carbocycles. The third kappa shape index (κ3) is 2.50.